The van der Waals surface area contributed by atoms with Crippen molar-refractivity contribution in [3.05, 3.63) is 71.8 Å². The lowest BCUT2D eigenvalue weighted by atomic mass is 10.2. The normalized spacial score (nSPS) is 11.9. The third-order valence-corrected chi connectivity index (χ3v) is 4.25. The van der Waals surface area contributed by atoms with E-state index in [2.05, 4.69) is 15.6 Å². The molecule has 0 fully saturated rings. The molecule has 0 bridgehead atoms. The lowest BCUT2D eigenvalue weighted by Crippen LogP contribution is -2.33. The van der Waals surface area contributed by atoms with Crippen molar-refractivity contribution in [3.63, 3.8) is 0 Å². The van der Waals surface area contributed by atoms with E-state index in [0.717, 1.165) is 12.0 Å². The summed E-state index contributed by atoms with van der Waals surface area (Å²) in [5, 5.41) is 5.76. The van der Waals surface area contributed by atoms with Gasteiger partial charge >= 0.3 is 0 Å². The lowest BCUT2D eigenvalue weighted by Gasteiger charge is -2.10. The third-order valence-electron chi connectivity index (χ3n) is 4.25. The van der Waals surface area contributed by atoms with Crippen molar-refractivity contribution in [3.8, 4) is 0 Å². The average molecular weight is 350 g/mol. The first-order valence-corrected chi connectivity index (χ1v) is 8.70. The molecule has 0 aliphatic rings. The first-order valence-electron chi connectivity index (χ1n) is 8.70. The number of nitrogens with zero attached hydrogens (tertiary/aromatic N) is 2. The van der Waals surface area contributed by atoms with Gasteiger partial charge in [0, 0.05) is 18.8 Å². The lowest BCUT2D eigenvalue weighted by molar-refractivity contribution is 0.0928. The molecule has 0 spiro atoms. The van der Waals surface area contributed by atoms with E-state index in [0.29, 0.717) is 12.1 Å². The molecule has 2 N–H and O–H groups in total. The van der Waals surface area contributed by atoms with Crippen LogP contribution in [0.5, 0.6) is 0 Å². The molecule has 3 rings (SSSR count). The van der Waals surface area contributed by atoms with Crippen LogP contribution in [0.25, 0.3) is 5.52 Å². The summed E-state index contributed by atoms with van der Waals surface area (Å²) in [5.41, 5.74) is 1.85. The summed E-state index contributed by atoms with van der Waals surface area (Å²) in [6.07, 6.45) is 2.56. The Balaban J connectivity index is 1.86. The van der Waals surface area contributed by atoms with Gasteiger partial charge in [-0.2, -0.15) is 0 Å². The van der Waals surface area contributed by atoms with Crippen molar-refractivity contribution in [2.45, 2.75) is 32.9 Å². The highest BCUT2D eigenvalue weighted by atomic mass is 16.2. The molecular formula is C20H22N4O2. The number of hydrogen-bond acceptors (Lipinski definition) is 3. The fourth-order valence-corrected chi connectivity index (χ4v) is 2.62. The Bertz CT molecular complexity index is 918. The van der Waals surface area contributed by atoms with Crippen molar-refractivity contribution < 1.29 is 9.59 Å². The van der Waals surface area contributed by atoms with Crippen LogP contribution >= 0.6 is 0 Å². The minimum absolute atomic E-state index is 0.0360. The van der Waals surface area contributed by atoms with Gasteiger partial charge in [-0.15, -0.1) is 0 Å². The molecule has 1 aromatic carbocycles. The van der Waals surface area contributed by atoms with E-state index in [9.17, 15) is 9.59 Å². The predicted molar refractivity (Wildman–Crippen MR) is 100 cm³/mol. The number of rotatable bonds is 6. The van der Waals surface area contributed by atoms with Crippen LogP contribution in [-0.4, -0.2) is 27.2 Å². The van der Waals surface area contributed by atoms with Crippen LogP contribution in [0.3, 0.4) is 0 Å². The standard InChI is InChI=1S/C20H22N4O2/c1-3-14(2)22-20(26)18-23-17(16-11-7-8-12-24(16)18)19(25)21-13-15-9-5-4-6-10-15/h4-12,14H,3,13H2,1-2H3,(H,21,25)(H,22,26). The molecule has 6 nitrogen and oxygen atoms in total. The van der Waals surface area contributed by atoms with Gasteiger partial charge in [0.25, 0.3) is 11.8 Å². The highest BCUT2D eigenvalue weighted by Gasteiger charge is 2.21. The molecule has 1 unspecified atom stereocenters. The zero-order valence-corrected chi connectivity index (χ0v) is 14.9. The summed E-state index contributed by atoms with van der Waals surface area (Å²) in [6.45, 7) is 4.33. The van der Waals surface area contributed by atoms with Crippen molar-refractivity contribution in [2.24, 2.45) is 0 Å². The fraction of sp³-hybridized carbons (Fsp3) is 0.250. The zero-order valence-electron chi connectivity index (χ0n) is 14.9. The number of pyridine rings is 1. The van der Waals surface area contributed by atoms with E-state index in [-0.39, 0.29) is 29.4 Å². The Hall–Kier alpha value is -3.15. The molecule has 0 saturated heterocycles. The maximum absolute atomic E-state index is 12.6. The first kappa shape index (κ1) is 17.7. The monoisotopic (exact) mass is 350 g/mol. The van der Waals surface area contributed by atoms with Crippen molar-refractivity contribution >= 4 is 17.3 Å². The Labute approximate surface area is 152 Å². The van der Waals surface area contributed by atoms with Crippen LogP contribution in [0, 0.1) is 0 Å². The summed E-state index contributed by atoms with van der Waals surface area (Å²) in [6, 6.07) is 15.1. The van der Waals surface area contributed by atoms with Gasteiger partial charge < -0.3 is 10.6 Å². The molecule has 1 atom stereocenters. The smallest absolute Gasteiger partial charge is 0.287 e. The van der Waals surface area contributed by atoms with Gasteiger partial charge in [0.1, 0.15) is 0 Å². The van der Waals surface area contributed by atoms with Crippen LogP contribution in [0.4, 0.5) is 0 Å². The molecule has 0 saturated carbocycles. The van der Waals surface area contributed by atoms with E-state index in [1.165, 1.54) is 0 Å². The number of carbonyl (C=O) groups is 2. The van der Waals surface area contributed by atoms with E-state index in [1.807, 2.05) is 50.2 Å². The topological polar surface area (TPSA) is 75.5 Å². The Morgan fingerprint density at radius 1 is 1.08 bits per heavy atom. The maximum Gasteiger partial charge on any atom is 0.287 e. The number of hydrogen-bond donors (Lipinski definition) is 2. The average Bonchev–Trinajstić information content (AvgIpc) is 3.06. The second-order valence-electron chi connectivity index (χ2n) is 6.19. The van der Waals surface area contributed by atoms with Crippen LogP contribution in [-0.2, 0) is 6.54 Å². The number of amides is 2. The minimum atomic E-state index is -0.305. The largest absolute Gasteiger partial charge is 0.347 e. The molecule has 26 heavy (non-hydrogen) atoms. The third kappa shape index (κ3) is 3.74. The number of carbonyl (C=O) groups excluding carboxylic acids is 2. The molecule has 0 aliphatic heterocycles. The van der Waals surface area contributed by atoms with Crippen molar-refractivity contribution in [2.75, 3.05) is 0 Å². The molecular weight excluding hydrogens is 328 g/mol. The second-order valence-corrected chi connectivity index (χ2v) is 6.19. The number of fused-ring (bicyclic) bond motifs is 1. The molecule has 2 amide bonds. The van der Waals surface area contributed by atoms with Crippen LogP contribution < -0.4 is 10.6 Å². The first-order chi connectivity index (χ1) is 12.6. The second kappa shape index (κ2) is 7.82. The van der Waals surface area contributed by atoms with Crippen molar-refractivity contribution in [1.29, 1.82) is 0 Å². The highest BCUT2D eigenvalue weighted by molar-refractivity contribution is 6.02. The predicted octanol–water partition coefficient (Wildman–Crippen LogP) is 2.79. The van der Waals surface area contributed by atoms with Gasteiger partial charge in [0.15, 0.2) is 5.69 Å². The molecule has 2 heterocycles. The summed E-state index contributed by atoms with van der Waals surface area (Å²) in [7, 11) is 0. The molecule has 6 heteroatoms. The van der Waals surface area contributed by atoms with Crippen LogP contribution in [0.15, 0.2) is 54.7 Å². The summed E-state index contributed by atoms with van der Waals surface area (Å²) in [5.74, 6) is -0.381. The molecule has 3 aromatic rings. The van der Waals surface area contributed by atoms with Gasteiger partial charge in [0.2, 0.25) is 5.82 Å². The Morgan fingerprint density at radius 3 is 2.54 bits per heavy atom. The molecule has 0 aliphatic carbocycles. The van der Waals surface area contributed by atoms with Gasteiger partial charge in [-0.3, -0.25) is 14.0 Å². The number of nitrogens with one attached hydrogen (secondary N) is 2. The maximum atomic E-state index is 12.6. The quantitative estimate of drug-likeness (QED) is 0.718. The molecule has 0 radical (unpaired) electrons. The molecule has 134 valence electrons. The highest BCUT2D eigenvalue weighted by Crippen LogP contribution is 2.14. The van der Waals surface area contributed by atoms with Gasteiger partial charge in [-0.05, 0) is 31.0 Å². The van der Waals surface area contributed by atoms with E-state index < -0.39 is 0 Å². The number of imidazole rings is 1. The van der Waals surface area contributed by atoms with Gasteiger partial charge in [-0.1, -0.05) is 43.3 Å². The zero-order chi connectivity index (χ0) is 18.5. The molecule has 2 aromatic heterocycles. The fourth-order valence-electron chi connectivity index (χ4n) is 2.62. The van der Waals surface area contributed by atoms with Crippen molar-refractivity contribution in [1.82, 2.24) is 20.0 Å². The van der Waals surface area contributed by atoms with Crippen LogP contribution in [0.2, 0.25) is 0 Å². The number of benzene rings is 1. The van der Waals surface area contributed by atoms with E-state index in [1.54, 1.807) is 22.7 Å². The Kier molecular flexibility index (Phi) is 5.31. The van der Waals surface area contributed by atoms with Crippen LogP contribution in [0.1, 0.15) is 46.9 Å². The number of aromatic nitrogens is 2. The summed E-state index contributed by atoms with van der Waals surface area (Å²) < 4.78 is 1.65. The minimum Gasteiger partial charge on any atom is -0.347 e. The summed E-state index contributed by atoms with van der Waals surface area (Å²) in [4.78, 5) is 29.5. The Morgan fingerprint density at radius 2 is 1.81 bits per heavy atom. The van der Waals surface area contributed by atoms with Gasteiger partial charge in [0.05, 0.1) is 5.52 Å². The SMILES string of the molecule is CCC(C)NC(=O)c1nc(C(=O)NCc2ccccc2)c2ccccn12. The summed E-state index contributed by atoms with van der Waals surface area (Å²) >= 11 is 0. The van der Waals surface area contributed by atoms with E-state index >= 15 is 0 Å². The van der Waals surface area contributed by atoms with Gasteiger partial charge in [-0.25, -0.2) is 4.98 Å². The van der Waals surface area contributed by atoms with E-state index in [4.69, 9.17) is 0 Å².